The van der Waals surface area contributed by atoms with Gasteiger partial charge in [0.2, 0.25) is 5.96 Å². The summed E-state index contributed by atoms with van der Waals surface area (Å²) in [7, 11) is -3.24. The van der Waals surface area contributed by atoms with Crippen molar-refractivity contribution in [2.24, 2.45) is 4.99 Å². The van der Waals surface area contributed by atoms with Crippen molar-refractivity contribution in [2.45, 2.75) is 18.0 Å². The van der Waals surface area contributed by atoms with E-state index in [0.717, 1.165) is 30.2 Å². The Balaban J connectivity index is 1.74. The summed E-state index contributed by atoms with van der Waals surface area (Å²) in [5.41, 5.74) is 0.501. The molecule has 3 aliphatic rings. The largest absolute Gasteiger partial charge is 0.379 e. The van der Waals surface area contributed by atoms with Gasteiger partial charge in [-0.05, 0) is 18.4 Å². The number of thiophene rings is 1. The van der Waals surface area contributed by atoms with Crippen LogP contribution in [0.5, 0.6) is 0 Å². The molecule has 26 heavy (non-hydrogen) atoms. The number of nitrogens with one attached hydrogen (secondary N) is 2. The maximum Gasteiger partial charge on any atom is 0.201 e. The van der Waals surface area contributed by atoms with Crippen LogP contribution in [0.1, 0.15) is 11.8 Å². The Bertz CT molecular complexity index is 803. The lowest BCUT2D eigenvalue weighted by molar-refractivity contribution is -0.0147. The smallest absolute Gasteiger partial charge is 0.201 e. The lowest BCUT2D eigenvalue weighted by Gasteiger charge is -2.45. The van der Waals surface area contributed by atoms with Crippen LogP contribution >= 0.6 is 11.3 Å². The van der Waals surface area contributed by atoms with Gasteiger partial charge in [-0.25, -0.2) is 13.4 Å². The van der Waals surface area contributed by atoms with E-state index in [0.29, 0.717) is 32.3 Å². The van der Waals surface area contributed by atoms with Gasteiger partial charge in [0.05, 0.1) is 23.8 Å². The molecule has 2 atom stereocenters. The first-order valence-electron chi connectivity index (χ1n) is 8.83. The molecule has 3 aliphatic heterocycles. The highest BCUT2D eigenvalue weighted by molar-refractivity contribution is 7.91. The van der Waals surface area contributed by atoms with Gasteiger partial charge in [0.1, 0.15) is 5.37 Å². The van der Waals surface area contributed by atoms with E-state index in [4.69, 9.17) is 9.73 Å². The number of nitrogens with zero attached hydrogens (tertiary/aromatic N) is 3. The van der Waals surface area contributed by atoms with Gasteiger partial charge in [-0.3, -0.25) is 4.90 Å². The Morgan fingerprint density at radius 1 is 1.35 bits per heavy atom. The number of sulfone groups is 1. The maximum absolute atomic E-state index is 12.3. The highest BCUT2D eigenvalue weighted by atomic mass is 32.2. The fourth-order valence-electron chi connectivity index (χ4n) is 3.83. The van der Waals surface area contributed by atoms with Gasteiger partial charge in [-0.1, -0.05) is 0 Å². The van der Waals surface area contributed by atoms with Crippen molar-refractivity contribution in [3.8, 4) is 0 Å². The van der Waals surface area contributed by atoms with E-state index in [9.17, 15) is 8.42 Å². The minimum Gasteiger partial charge on any atom is -0.379 e. The summed E-state index contributed by atoms with van der Waals surface area (Å²) in [4.78, 5) is 10.4. The minimum absolute atomic E-state index is 0.407. The molecule has 0 bridgehead atoms. The molecule has 0 spiro atoms. The fourth-order valence-corrected chi connectivity index (χ4v) is 5.91. The van der Waals surface area contributed by atoms with E-state index >= 15 is 0 Å². The van der Waals surface area contributed by atoms with Crippen LogP contribution in [-0.2, 0) is 20.2 Å². The number of hydrogen-bond acceptors (Lipinski definition) is 9. The van der Waals surface area contributed by atoms with Gasteiger partial charge >= 0.3 is 0 Å². The molecule has 4 rings (SSSR count). The van der Waals surface area contributed by atoms with E-state index < -0.39 is 20.9 Å². The van der Waals surface area contributed by atoms with Crippen molar-refractivity contribution >= 4 is 32.8 Å². The predicted molar refractivity (Wildman–Crippen MR) is 103 cm³/mol. The average molecular weight is 400 g/mol. The second-order valence-electron chi connectivity index (χ2n) is 7.03. The highest BCUT2D eigenvalue weighted by Crippen LogP contribution is 2.42. The van der Waals surface area contributed by atoms with Crippen LogP contribution in [0.25, 0.3) is 0 Å². The number of fused-ring (bicyclic) bond motifs is 1. The van der Waals surface area contributed by atoms with Gasteiger partial charge in [0, 0.05) is 39.0 Å². The Morgan fingerprint density at radius 3 is 2.85 bits per heavy atom. The van der Waals surface area contributed by atoms with Crippen molar-refractivity contribution in [1.29, 1.82) is 0 Å². The normalized spacial score (nSPS) is 30.5. The van der Waals surface area contributed by atoms with Crippen LogP contribution in [0.4, 0.5) is 5.69 Å². The van der Waals surface area contributed by atoms with Crippen molar-refractivity contribution in [1.82, 2.24) is 15.1 Å². The van der Waals surface area contributed by atoms with Crippen LogP contribution in [0.3, 0.4) is 0 Å². The topological polar surface area (TPSA) is 86.3 Å². The third-order valence-corrected chi connectivity index (χ3v) is 7.78. The van der Waals surface area contributed by atoms with Crippen LogP contribution in [0, 0.1) is 0 Å². The van der Waals surface area contributed by atoms with E-state index in [1.165, 1.54) is 6.26 Å². The van der Waals surface area contributed by atoms with Gasteiger partial charge in [-0.2, -0.15) is 0 Å². The second-order valence-corrected chi connectivity index (χ2v) is 10.1. The number of ether oxygens (including phenoxy) is 1. The fraction of sp³-hybridized carbons (Fsp3) is 0.688. The number of hydrogen-bond donors (Lipinski definition) is 2. The standard InChI is InChI=1S/C16H25N5O3S2/c1-16(20-6-8-24-9-7-20)14-12(3-10-25-14)18-15(19-16)21-5-4-17-11-13(21)26(2,22)23/h3,10,13,17H,4-9,11H2,1-2H3,(H,18,19). The highest BCUT2D eigenvalue weighted by Gasteiger charge is 2.43. The van der Waals surface area contributed by atoms with Crippen molar-refractivity contribution < 1.29 is 13.2 Å². The number of morpholine rings is 1. The summed E-state index contributed by atoms with van der Waals surface area (Å²) in [5.74, 6) is 0.641. The second kappa shape index (κ2) is 6.75. The van der Waals surface area contributed by atoms with Crippen LogP contribution in [-0.4, -0.2) is 81.7 Å². The minimum atomic E-state index is -3.24. The average Bonchev–Trinajstić information content (AvgIpc) is 3.11. The first-order chi connectivity index (χ1) is 12.4. The molecule has 1 aromatic heterocycles. The Kier molecular flexibility index (Phi) is 4.72. The van der Waals surface area contributed by atoms with Crippen molar-refractivity contribution in [2.75, 3.05) is 57.5 Å². The first kappa shape index (κ1) is 18.2. The summed E-state index contributed by atoms with van der Waals surface area (Å²) in [5, 5.41) is 8.00. The van der Waals surface area contributed by atoms with Gasteiger partial charge in [0.15, 0.2) is 15.5 Å². The Hall–Kier alpha value is -1.20. The third-order valence-electron chi connectivity index (χ3n) is 5.25. The molecule has 0 aliphatic carbocycles. The maximum atomic E-state index is 12.3. The zero-order valence-electron chi connectivity index (χ0n) is 15.1. The van der Waals surface area contributed by atoms with Crippen molar-refractivity contribution in [3.63, 3.8) is 0 Å². The zero-order valence-corrected chi connectivity index (χ0v) is 16.7. The van der Waals surface area contributed by atoms with E-state index in [1.807, 2.05) is 11.0 Å². The summed E-state index contributed by atoms with van der Waals surface area (Å²) >= 11 is 1.68. The third kappa shape index (κ3) is 3.13. The lowest BCUT2D eigenvalue weighted by atomic mass is 10.1. The van der Waals surface area contributed by atoms with Crippen molar-refractivity contribution in [3.05, 3.63) is 16.3 Å². The summed E-state index contributed by atoms with van der Waals surface area (Å²) in [6.07, 6.45) is 1.29. The van der Waals surface area contributed by atoms with Gasteiger partial charge in [-0.15, -0.1) is 11.3 Å². The molecule has 0 saturated carbocycles. The van der Waals surface area contributed by atoms with E-state index in [2.05, 4.69) is 27.8 Å². The molecule has 2 N–H and O–H groups in total. The van der Waals surface area contributed by atoms with Gasteiger partial charge < -0.3 is 20.3 Å². The number of guanidine groups is 1. The molecule has 8 nitrogen and oxygen atoms in total. The molecule has 0 amide bonds. The van der Waals surface area contributed by atoms with Crippen LogP contribution < -0.4 is 10.6 Å². The van der Waals surface area contributed by atoms with Crippen LogP contribution in [0.2, 0.25) is 0 Å². The van der Waals surface area contributed by atoms with E-state index in [1.54, 1.807) is 11.3 Å². The monoisotopic (exact) mass is 399 g/mol. The summed E-state index contributed by atoms with van der Waals surface area (Å²) < 4.78 is 30.1. The molecule has 2 unspecified atom stereocenters. The molecule has 0 aromatic carbocycles. The zero-order chi connectivity index (χ0) is 18.4. The molecule has 1 aromatic rings. The Morgan fingerprint density at radius 2 is 2.12 bits per heavy atom. The number of piperazine rings is 1. The number of rotatable bonds is 2. The van der Waals surface area contributed by atoms with Gasteiger partial charge in [0.25, 0.3) is 0 Å². The van der Waals surface area contributed by atoms with E-state index in [-0.39, 0.29) is 0 Å². The molecule has 10 heteroatoms. The molecule has 4 heterocycles. The molecule has 2 saturated heterocycles. The molecule has 0 radical (unpaired) electrons. The predicted octanol–water partition coefficient (Wildman–Crippen LogP) is 0.310. The Labute approximate surface area is 158 Å². The number of aliphatic imine (C=N–C) groups is 1. The first-order valence-corrected chi connectivity index (χ1v) is 11.7. The molecular formula is C16H25N5O3S2. The molecular weight excluding hydrogens is 374 g/mol. The quantitative estimate of drug-likeness (QED) is 0.740. The number of anilines is 1. The van der Waals surface area contributed by atoms with Crippen LogP contribution in [0.15, 0.2) is 16.4 Å². The SMILES string of the molecule is CC1(N2CCOCC2)N=C(N2CCNCC2S(C)(=O)=O)Nc2ccsc21. The summed E-state index contributed by atoms with van der Waals surface area (Å²) in [6.45, 7) is 6.85. The summed E-state index contributed by atoms with van der Waals surface area (Å²) in [6, 6.07) is 2.05. The molecule has 144 valence electrons. The lowest BCUT2D eigenvalue weighted by Crippen LogP contribution is -2.60. The molecule has 2 fully saturated rings.